The van der Waals surface area contributed by atoms with Crippen LogP contribution in [0.25, 0.3) is 0 Å². The zero-order valence-electron chi connectivity index (χ0n) is 20.5. The molecular formula is C26H31N5O2S2. The molecule has 2 aromatic heterocycles. The second kappa shape index (κ2) is 11.7. The van der Waals surface area contributed by atoms with Crippen molar-refractivity contribution in [2.45, 2.75) is 77.6 Å². The van der Waals surface area contributed by atoms with Gasteiger partial charge in [-0.15, -0.1) is 21.5 Å². The number of carbonyl (C=O) groups excluding carboxylic acids is 1. The molecule has 184 valence electrons. The third-order valence-electron chi connectivity index (χ3n) is 6.18. The van der Waals surface area contributed by atoms with Gasteiger partial charge >= 0.3 is 0 Å². The van der Waals surface area contributed by atoms with Crippen LogP contribution >= 0.6 is 23.1 Å². The van der Waals surface area contributed by atoms with Crippen LogP contribution in [0.1, 0.15) is 65.6 Å². The Morgan fingerprint density at radius 2 is 2.03 bits per heavy atom. The number of hydrogen-bond acceptors (Lipinski definition) is 7. The van der Waals surface area contributed by atoms with Gasteiger partial charge in [-0.05, 0) is 69.2 Å². The van der Waals surface area contributed by atoms with E-state index in [-0.39, 0.29) is 11.7 Å². The number of ether oxygens (including phenoxy) is 1. The van der Waals surface area contributed by atoms with E-state index < -0.39 is 0 Å². The molecule has 2 heterocycles. The zero-order chi connectivity index (χ0) is 24.8. The summed E-state index contributed by atoms with van der Waals surface area (Å²) < 4.78 is 7.98. The Hall–Kier alpha value is -2.83. The summed E-state index contributed by atoms with van der Waals surface area (Å²) in [5.41, 5.74) is 4.00. The van der Waals surface area contributed by atoms with Gasteiger partial charge in [-0.1, -0.05) is 36.7 Å². The number of amides is 1. The minimum atomic E-state index is -0.139. The minimum absolute atomic E-state index is 0.139. The summed E-state index contributed by atoms with van der Waals surface area (Å²) in [7, 11) is 0. The number of thiophene rings is 1. The summed E-state index contributed by atoms with van der Waals surface area (Å²) in [5.74, 6) is 1.62. The number of rotatable bonds is 8. The molecule has 1 aliphatic rings. The molecule has 0 saturated carbocycles. The summed E-state index contributed by atoms with van der Waals surface area (Å²) in [6.45, 7) is 7.07. The number of benzene rings is 1. The zero-order valence-corrected chi connectivity index (χ0v) is 22.2. The minimum Gasteiger partial charge on any atom is -0.485 e. The highest BCUT2D eigenvalue weighted by molar-refractivity contribution is 7.99. The Morgan fingerprint density at radius 3 is 2.80 bits per heavy atom. The van der Waals surface area contributed by atoms with Crippen LogP contribution in [0.5, 0.6) is 5.75 Å². The van der Waals surface area contributed by atoms with Crippen LogP contribution in [0, 0.1) is 25.2 Å². The topological polar surface area (TPSA) is 92.8 Å². The third kappa shape index (κ3) is 6.06. The first-order valence-corrected chi connectivity index (χ1v) is 13.9. The van der Waals surface area contributed by atoms with E-state index in [9.17, 15) is 10.1 Å². The maximum atomic E-state index is 12.8. The molecule has 0 spiro atoms. The molecule has 7 nitrogen and oxygen atoms in total. The summed E-state index contributed by atoms with van der Waals surface area (Å²) in [6, 6.07) is 8.45. The maximum Gasteiger partial charge on any atom is 0.235 e. The average molecular weight is 510 g/mol. The number of aryl methyl sites for hydroxylation is 3. The van der Waals surface area contributed by atoms with Crippen LogP contribution in [0.3, 0.4) is 0 Å². The summed E-state index contributed by atoms with van der Waals surface area (Å²) in [6.07, 6.45) is 6.59. The Morgan fingerprint density at radius 1 is 1.23 bits per heavy atom. The van der Waals surface area contributed by atoms with Gasteiger partial charge in [0.2, 0.25) is 5.91 Å². The third-order valence-corrected chi connectivity index (χ3v) is 8.35. The molecule has 1 N–H and O–H groups in total. The van der Waals surface area contributed by atoms with E-state index in [1.165, 1.54) is 29.5 Å². The fourth-order valence-electron chi connectivity index (χ4n) is 4.27. The van der Waals surface area contributed by atoms with Crippen molar-refractivity contribution >= 4 is 34.0 Å². The van der Waals surface area contributed by atoms with Gasteiger partial charge in [0.05, 0.1) is 11.3 Å². The van der Waals surface area contributed by atoms with Crippen LogP contribution in [-0.2, 0) is 30.8 Å². The lowest BCUT2D eigenvalue weighted by Gasteiger charge is -2.11. The quantitative estimate of drug-likeness (QED) is 0.385. The molecule has 0 saturated heterocycles. The van der Waals surface area contributed by atoms with E-state index in [0.29, 0.717) is 28.9 Å². The van der Waals surface area contributed by atoms with Crippen LogP contribution < -0.4 is 10.1 Å². The van der Waals surface area contributed by atoms with Gasteiger partial charge in [0.25, 0.3) is 0 Å². The Kier molecular flexibility index (Phi) is 8.47. The molecule has 0 unspecified atom stereocenters. The SMILES string of the molecule is CCn1c(COc2cc(C)ccc2C)nnc1SCC(=O)Nc1sc2c(c1C#N)CCCCCC2. The van der Waals surface area contributed by atoms with E-state index in [1.807, 2.05) is 37.5 Å². The summed E-state index contributed by atoms with van der Waals surface area (Å²) >= 11 is 2.91. The Balaban J connectivity index is 1.39. The van der Waals surface area contributed by atoms with Gasteiger partial charge in [-0.25, -0.2) is 0 Å². The van der Waals surface area contributed by atoms with Crippen molar-refractivity contribution in [2.75, 3.05) is 11.1 Å². The predicted molar refractivity (Wildman–Crippen MR) is 140 cm³/mol. The fraction of sp³-hybridized carbons (Fsp3) is 0.462. The van der Waals surface area contributed by atoms with Crippen molar-refractivity contribution in [1.82, 2.24) is 14.8 Å². The molecule has 9 heteroatoms. The van der Waals surface area contributed by atoms with Crippen molar-refractivity contribution < 1.29 is 9.53 Å². The molecule has 0 bridgehead atoms. The number of nitrogens with zero attached hydrogens (tertiary/aromatic N) is 4. The molecule has 0 fully saturated rings. The second-order valence-electron chi connectivity index (χ2n) is 8.77. The molecular weight excluding hydrogens is 478 g/mol. The molecule has 1 aliphatic carbocycles. The lowest BCUT2D eigenvalue weighted by Crippen LogP contribution is -2.15. The molecule has 0 aliphatic heterocycles. The lowest BCUT2D eigenvalue weighted by atomic mass is 9.97. The fourth-order valence-corrected chi connectivity index (χ4v) is 6.35. The van der Waals surface area contributed by atoms with Crippen LogP contribution in [0.4, 0.5) is 5.00 Å². The monoisotopic (exact) mass is 509 g/mol. The van der Waals surface area contributed by atoms with Crippen LogP contribution in [0.15, 0.2) is 23.4 Å². The number of aromatic nitrogens is 3. The maximum absolute atomic E-state index is 12.8. The number of carbonyl (C=O) groups is 1. The van der Waals surface area contributed by atoms with Gasteiger partial charge in [0.1, 0.15) is 23.4 Å². The highest BCUT2D eigenvalue weighted by atomic mass is 32.2. The average Bonchev–Trinajstić information content (AvgIpc) is 3.37. The van der Waals surface area contributed by atoms with Crippen LogP contribution in [0.2, 0.25) is 0 Å². The van der Waals surface area contributed by atoms with Gasteiger partial charge in [0.15, 0.2) is 11.0 Å². The van der Waals surface area contributed by atoms with Crippen molar-refractivity contribution in [1.29, 1.82) is 5.26 Å². The van der Waals surface area contributed by atoms with Gasteiger partial charge < -0.3 is 14.6 Å². The Bertz CT molecular complexity index is 1240. The molecule has 4 rings (SSSR count). The van der Waals surface area contributed by atoms with Gasteiger partial charge in [0, 0.05) is 11.4 Å². The van der Waals surface area contributed by atoms with E-state index in [2.05, 4.69) is 27.6 Å². The molecule has 1 aromatic carbocycles. The molecule has 35 heavy (non-hydrogen) atoms. The van der Waals surface area contributed by atoms with Crippen molar-refractivity contribution in [2.24, 2.45) is 0 Å². The van der Waals surface area contributed by atoms with E-state index in [4.69, 9.17) is 4.74 Å². The highest BCUT2D eigenvalue weighted by Crippen LogP contribution is 2.36. The summed E-state index contributed by atoms with van der Waals surface area (Å²) in [4.78, 5) is 14.0. The highest BCUT2D eigenvalue weighted by Gasteiger charge is 2.21. The number of thioether (sulfide) groups is 1. The van der Waals surface area contributed by atoms with E-state index in [1.54, 1.807) is 11.3 Å². The smallest absolute Gasteiger partial charge is 0.235 e. The van der Waals surface area contributed by atoms with Crippen LogP contribution in [-0.4, -0.2) is 26.4 Å². The van der Waals surface area contributed by atoms with Gasteiger partial charge in [-0.2, -0.15) is 5.26 Å². The number of nitriles is 1. The second-order valence-corrected chi connectivity index (χ2v) is 10.8. The first-order chi connectivity index (χ1) is 17.0. The largest absolute Gasteiger partial charge is 0.485 e. The molecule has 1 amide bonds. The Labute approximate surface area is 214 Å². The van der Waals surface area contributed by atoms with Crippen molar-refractivity contribution in [3.63, 3.8) is 0 Å². The first kappa shape index (κ1) is 25.3. The van der Waals surface area contributed by atoms with Crippen molar-refractivity contribution in [3.05, 3.63) is 51.2 Å². The normalized spacial score (nSPS) is 13.4. The molecule has 0 radical (unpaired) electrons. The van der Waals surface area contributed by atoms with E-state index >= 15 is 0 Å². The number of nitrogens with one attached hydrogen (secondary N) is 1. The lowest BCUT2D eigenvalue weighted by molar-refractivity contribution is -0.113. The number of anilines is 1. The predicted octanol–water partition coefficient (Wildman–Crippen LogP) is 5.82. The van der Waals surface area contributed by atoms with Crippen molar-refractivity contribution in [3.8, 4) is 11.8 Å². The van der Waals surface area contributed by atoms with E-state index in [0.717, 1.165) is 53.9 Å². The first-order valence-electron chi connectivity index (χ1n) is 12.1. The molecule has 3 aromatic rings. The molecule has 0 atom stereocenters. The number of fused-ring (bicyclic) bond motifs is 1. The summed E-state index contributed by atoms with van der Waals surface area (Å²) in [5, 5.41) is 22.7. The standard InChI is InChI=1S/C26H31N5O2S2/c1-4-31-23(15-33-21-13-17(2)11-12-18(21)3)29-30-26(31)34-16-24(32)28-25-20(14-27)19-9-7-5-6-8-10-22(19)35-25/h11-13H,4-10,15-16H2,1-3H3,(H,28,32). The number of hydrogen-bond donors (Lipinski definition) is 1. The van der Waals surface area contributed by atoms with Gasteiger partial charge in [-0.3, -0.25) is 4.79 Å².